The summed E-state index contributed by atoms with van der Waals surface area (Å²) in [6.45, 7) is 2.76. The van der Waals surface area contributed by atoms with E-state index in [4.69, 9.17) is 0 Å². The van der Waals surface area contributed by atoms with Crippen molar-refractivity contribution in [1.29, 1.82) is 0 Å². The first-order valence-electron chi connectivity index (χ1n) is 7.19. The molecular weight excluding hydrogens is 262 g/mol. The van der Waals surface area contributed by atoms with E-state index in [1.807, 2.05) is 64.4 Å². The molecule has 2 aromatic heterocycles. The second kappa shape index (κ2) is 6.85. The van der Waals surface area contributed by atoms with Gasteiger partial charge >= 0.3 is 0 Å². The van der Waals surface area contributed by atoms with Crippen LogP contribution in [-0.4, -0.2) is 26.1 Å². The van der Waals surface area contributed by atoms with Gasteiger partial charge in [0.25, 0.3) is 0 Å². The van der Waals surface area contributed by atoms with E-state index in [0.29, 0.717) is 0 Å². The Morgan fingerprint density at radius 3 is 2.76 bits per heavy atom. The first kappa shape index (κ1) is 13.6. The van der Waals surface area contributed by atoms with Crippen LogP contribution >= 0.6 is 0 Å². The predicted molar refractivity (Wildman–Crippen MR) is 82.1 cm³/mol. The van der Waals surface area contributed by atoms with Crippen molar-refractivity contribution in [3.63, 3.8) is 0 Å². The molecule has 0 aliphatic carbocycles. The Hall–Kier alpha value is -2.40. The van der Waals surface area contributed by atoms with Crippen molar-refractivity contribution in [3.8, 4) is 5.69 Å². The lowest BCUT2D eigenvalue weighted by Crippen LogP contribution is -2.16. The summed E-state index contributed by atoms with van der Waals surface area (Å²) in [6, 6.07) is 12.1. The van der Waals surface area contributed by atoms with Gasteiger partial charge in [0.2, 0.25) is 0 Å². The number of hydrogen-bond acceptors (Lipinski definition) is 3. The average Bonchev–Trinajstić information content (AvgIpc) is 3.19. The molecule has 3 aromatic rings. The highest BCUT2D eigenvalue weighted by Gasteiger charge is 2.00. The van der Waals surface area contributed by atoms with Crippen molar-refractivity contribution in [2.24, 2.45) is 0 Å². The fourth-order valence-corrected chi connectivity index (χ4v) is 2.20. The van der Waals surface area contributed by atoms with Gasteiger partial charge in [0.15, 0.2) is 0 Å². The molecule has 5 nitrogen and oxygen atoms in total. The molecule has 0 atom stereocenters. The van der Waals surface area contributed by atoms with Gasteiger partial charge in [-0.2, -0.15) is 10.2 Å². The van der Waals surface area contributed by atoms with Crippen molar-refractivity contribution in [2.45, 2.75) is 19.5 Å². The monoisotopic (exact) mass is 281 g/mol. The summed E-state index contributed by atoms with van der Waals surface area (Å²) in [5, 5.41) is 12.0. The van der Waals surface area contributed by atoms with Crippen LogP contribution in [0.2, 0.25) is 0 Å². The molecule has 108 valence electrons. The molecule has 0 radical (unpaired) electrons. The third kappa shape index (κ3) is 3.79. The van der Waals surface area contributed by atoms with Crippen LogP contribution in [0.4, 0.5) is 0 Å². The summed E-state index contributed by atoms with van der Waals surface area (Å²) < 4.78 is 3.86. The Balaban J connectivity index is 1.43. The van der Waals surface area contributed by atoms with Crippen molar-refractivity contribution < 1.29 is 0 Å². The molecule has 0 bridgehead atoms. The van der Waals surface area contributed by atoms with Gasteiger partial charge < -0.3 is 5.32 Å². The van der Waals surface area contributed by atoms with Gasteiger partial charge in [-0.3, -0.25) is 4.68 Å². The summed E-state index contributed by atoms with van der Waals surface area (Å²) in [6.07, 6.45) is 8.84. The summed E-state index contributed by atoms with van der Waals surface area (Å²) in [4.78, 5) is 0. The standard InChI is InChI=1S/C16H19N5/c1-2-6-16(7-3-1)21-14-15(13-19-21)12-17-8-4-10-20-11-5-9-18-20/h1-3,5-7,9,11,13-14,17H,4,8,10,12H2. The van der Waals surface area contributed by atoms with Gasteiger partial charge in [-0.05, 0) is 31.2 Å². The SMILES string of the molecule is c1ccc(-n2cc(CNCCCn3cccn3)cn2)cc1. The molecule has 2 heterocycles. The minimum absolute atomic E-state index is 0.839. The van der Waals surface area contributed by atoms with Crippen LogP contribution in [0.15, 0.2) is 61.2 Å². The summed E-state index contributed by atoms with van der Waals surface area (Å²) in [5.74, 6) is 0. The molecular formula is C16H19N5. The predicted octanol–water partition coefficient (Wildman–Crippen LogP) is 2.25. The number of aromatic nitrogens is 4. The highest BCUT2D eigenvalue weighted by molar-refractivity contribution is 5.30. The van der Waals surface area contributed by atoms with E-state index in [1.165, 1.54) is 5.56 Å². The molecule has 0 saturated carbocycles. The van der Waals surface area contributed by atoms with E-state index in [-0.39, 0.29) is 0 Å². The maximum absolute atomic E-state index is 4.39. The smallest absolute Gasteiger partial charge is 0.0645 e. The molecule has 0 aliphatic rings. The van der Waals surface area contributed by atoms with Crippen LogP contribution in [0.1, 0.15) is 12.0 Å². The zero-order valence-corrected chi connectivity index (χ0v) is 11.9. The Bertz CT molecular complexity index is 642. The molecule has 1 aromatic carbocycles. The number of nitrogens with one attached hydrogen (secondary N) is 1. The lowest BCUT2D eigenvalue weighted by atomic mass is 10.3. The van der Waals surface area contributed by atoms with Crippen molar-refractivity contribution in [3.05, 3.63) is 66.7 Å². The molecule has 0 spiro atoms. The normalized spacial score (nSPS) is 10.9. The molecule has 0 fully saturated rings. The van der Waals surface area contributed by atoms with E-state index in [1.54, 1.807) is 0 Å². The number of hydrogen-bond donors (Lipinski definition) is 1. The van der Waals surface area contributed by atoms with Crippen LogP contribution in [0.5, 0.6) is 0 Å². The molecule has 5 heteroatoms. The highest BCUT2D eigenvalue weighted by atomic mass is 15.3. The van der Waals surface area contributed by atoms with Gasteiger partial charge in [-0.1, -0.05) is 18.2 Å². The molecule has 3 rings (SSSR count). The Morgan fingerprint density at radius 2 is 1.95 bits per heavy atom. The Morgan fingerprint density at radius 1 is 1.05 bits per heavy atom. The fourth-order valence-electron chi connectivity index (χ4n) is 2.20. The van der Waals surface area contributed by atoms with Gasteiger partial charge in [-0.15, -0.1) is 0 Å². The Labute approximate surface area is 124 Å². The van der Waals surface area contributed by atoms with Gasteiger partial charge in [-0.25, -0.2) is 4.68 Å². The summed E-state index contributed by atoms with van der Waals surface area (Å²) >= 11 is 0. The number of benzene rings is 1. The largest absolute Gasteiger partial charge is 0.312 e. The van der Waals surface area contributed by atoms with E-state index in [9.17, 15) is 0 Å². The van der Waals surface area contributed by atoms with E-state index in [2.05, 4.69) is 21.7 Å². The first-order valence-corrected chi connectivity index (χ1v) is 7.19. The van der Waals surface area contributed by atoms with Crippen LogP contribution in [0.25, 0.3) is 5.69 Å². The maximum atomic E-state index is 4.39. The van der Waals surface area contributed by atoms with Crippen molar-refractivity contribution in [1.82, 2.24) is 24.9 Å². The molecule has 0 aliphatic heterocycles. The minimum Gasteiger partial charge on any atom is -0.312 e. The number of para-hydroxylation sites is 1. The number of rotatable bonds is 7. The molecule has 1 N–H and O–H groups in total. The zero-order valence-electron chi connectivity index (χ0n) is 11.9. The Kier molecular flexibility index (Phi) is 4.43. The third-order valence-electron chi connectivity index (χ3n) is 3.29. The average molecular weight is 281 g/mol. The van der Waals surface area contributed by atoms with Crippen LogP contribution in [0.3, 0.4) is 0 Å². The van der Waals surface area contributed by atoms with Crippen LogP contribution in [-0.2, 0) is 13.1 Å². The van der Waals surface area contributed by atoms with Crippen molar-refractivity contribution in [2.75, 3.05) is 6.54 Å². The lowest BCUT2D eigenvalue weighted by molar-refractivity contribution is 0.543. The van der Waals surface area contributed by atoms with Crippen LogP contribution in [0, 0.1) is 0 Å². The highest BCUT2D eigenvalue weighted by Crippen LogP contribution is 2.07. The maximum Gasteiger partial charge on any atom is 0.0645 e. The fraction of sp³-hybridized carbons (Fsp3) is 0.250. The minimum atomic E-state index is 0.839. The van der Waals surface area contributed by atoms with Crippen LogP contribution < -0.4 is 5.32 Å². The number of nitrogens with zero attached hydrogens (tertiary/aromatic N) is 4. The van der Waals surface area contributed by atoms with Gasteiger partial charge in [0.1, 0.15) is 0 Å². The van der Waals surface area contributed by atoms with E-state index < -0.39 is 0 Å². The molecule has 0 saturated heterocycles. The quantitative estimate of drug-likeness (QED) is 0.676. The summed E-state index contributed by atoms with van der Waals surface area (Å²) in [5.41, 5.74) is 2.28. The first-order chi connectivity index (χ1) is 10.4. The topological polar surface area (TPSA) is 47.7 Å². The third-order valence-corrected chi connectivity index (χ3v) is 3.29. The molecule has 21 heavy (non-hydrogen) atoms. The zero-order chi connectivity index (χ0) is 14.3. The summed E-state index contributed by atoms with van der Waals surface area (Å²) in [7, 11) is 0. The van der Waals surface area contributed by atoms with Gasteiger partial charge in [0, 0.05) is 37.2 Å². The second-order valence-electron chi connectivity index (χ2n) is 4.93. The van der Waals surface area contributed by atoms with E-state index in [0.717, 1.165) is 31.7 Å². The second-order valence-corrected chi connectivity index (χ2v) is 4.93. The lowest BCUT2D eigenvalue weighted by Gasteiger charge is -2.03. The van der Waals surface area contributed by atoms with E-state index >= 15 is 0 Å². The van der Waals surface area contributed by atoms with Gasteiger partial charge in [0.05, 0.1) is 11.9 Å². The molecule has 0 amide bonds. The molecule has 0 unspecified atom stereocenters. The number of aryl methyl sites for hydroxylation is 1. The van der Waals surface area contributed by atoms with Crippen molar-refractivity contribution >= 4 is 0 Å².